The van der Waals surface area contributed by atoms with E-state index in [0.29, 0.717) is 5.75 Å². The number of nitrogens with one attached hydrogen (secondary N) is 1. The van der Waals surface area contributed by atoms with Crippen LogP contribution < -0.4 is 25.7 Å². The maximum absolute atomic E-state index is 10.3. The number of hydrazone groups is 1. The van der Waals surface area contributed by atoms with Crippen LogP contribution in [0.15, 0.2) is 29.4 Å². The van der Waals surface area contributed by atoms with E-state index in [4.69, 9.17) is 15.2 Å². The zero-order valence-electron chi connectivity index (χ0n) is 10.1. The van der Waals surface area contributed by atoms with Crippen LogP contribution in [-0.4, -0.2) is 23.6 Å². The molecule has 0 atom stereocenters. The van der Waals surface area contributed by atoms with E-state index in [-0.39, 0.29) is 16.8 Å². The molecule has 0 fully saturated rings. The molecule has 0 spiro atoms. The number of ether oxygens (including phenoxy) is 2. The first-order chi connectivity index (χ1) is 8.99. The third kappa shape index (κ3) is 5.68. The zero-order chi connectivity index (χ0) is 14.3. The van der Waals surface area contributed by atoms with Crippen molar-refractivity contribution in [2.24, 2.45) is 10.8 Å². The van der Waals surface area contributed by atoms with Crippen molar-refractivity contribution in [1.82, 2.24) is 5.43 Å². The van der Waals surface area contributed by atoms with E-state index in [9.17, 15) is 9.90 Å². The molecular weight excluding hydrogens is 270 g/mol. The highest BCUT2D eigenvalue weighted by Gasteiger charge is 2.06. The van der Waals surface area contributed by atoms with Crippen LogP contribution in [0.5, 0.6) is 11.5 Å². The number of hydrogen-bond donors (Lipinski definition) is 2. The Balaban J connectivity index is 2.74. The molecular formula is C11H12N3O4S-. The van der Waals surface area contributed by atoms with Crippen molar-refractivity contribution in [3.63, 3.8) is 0 Å². The molecule has 0 saturated heterocycles. The van der Waals surface area contributed by atoms with E-state index in [1.165, 1.54) is 0 Å². The van der Waals surface area contributed by atoms with Crippen LogP contribution in [0.1, 0.15) is 6.92 Å². The minimum atomic E-state index is -1.32. The first-order valence-electron chi connectivity index (χ1n) is 5.18. The van der Waals surface area contributed by atoms with E-state index in [1.807, 2.05) is 0 Å². The van der Waals surface area contributed by atoms with Gasteiger partial charge >= 0.3 is 0 Å². The average Bonchev–Trinajstić information content (AvgIpc) is 2.35. The summed E-state index contributed by atoms with van der Waals surface area (Å²) in [6.45, 7) is 1.00. The largest absolute Gasteiger partial charge is 0.546 e. The van der Waals surface area contributed by atoms with Crippen LogP contribution in [0.4, 0.5) is 0 Å². The molecule has 0 saturated carbocycles. The van der Waals surface area contributed by atoms with Gasteiger partial charge in [0.25, 0.3) is 0 Å². The van der Waals surface area contributed by atoms with Crippen LogP contribution in [0.3, 0.4) is 0 Å². The lowest BCUT2D eigenvalue weighted by atomic mass is 10.3. The molecule has 0 aliphatic rings. The van der Waals surface area contributed by atoms with Crippen molar-refractivity contribution in [2.75, 3.05) is 6.61 Å². The number of thiocarbonyl (C=S) groups is 1. The van der Waals surface area contributed by atoms with E-state index < -0.39 is 12.6 Å². The fourth-order valence-electron chi connectivity index (χ4n) is 1.11. The minimum Gasteiger partial charge on any atom is -0.546 e. The summed E-state index contributed by atoms with van der Waals surface area (Å²) >= 11 is 4.58. The number of nitrogens with two attached hydrogens (primary N) is 1. The number of carboxylic acid groups (broad SMARTS) is 1. The molecule has 0 aliphatic heterocycles. The summed E-state index contributed by atoms with van der Waals surface area (Å²) in [6.07, 6.45) is 0. The van der Waals surface area contributed by atoms with Gasteiger partial charge in [0.2, 0.25) is 5.90 Å². The lowest BCUT2D eigenvalue weighted by Crippen LogP contribution is -2.29. The molecule has 0 bridgehead atoms. The van der Waals surface area contributed by atoms with Gasteiger partial charge in [-0.15, -0.1) is 5.10 Å². The Morgan fingerprint density at radius 2 is 2.11 bits per heavy atom. The Bertz CT molecular complexity index is 504. The van der Waals surface area contributed by atoms with Gasteiger partial charge in [-0.05, 0) is 24.4 Å². The van der Waals surface area contributed by atoms with Gasteiger partial charge in [0.05, 0.1) is 5.97 Å². The second kappa shape index (κ2) is 7.17. The molecule has 0 heterocycles. The van der Waals surface area contributed by atoms with Gasteiger partial charge < -0.3 is 25.1 Å². The van der Waals surface area contributed by atoms with Gasteiger partial charge in [0.15, 0.2) is 16.6 Å². The summed E-state index contributed by atoms with van der Waals surface area (Å²) in [5.41, 5.74) is 7.57. The van der Waals surface area contributed by atoms with Gasteiger partial charge in [-0.3, -0.25) is 5.43 Å². The maximum Gasteiger partial charge on any atom is 0.209 e. The number of hydrogen-bond acceptors (Lipinski definition) is 6. The topological polar surface area (TPSA) is 109 Å². The molecule has 0 aromatic heterocycles. The number of carbonyl (C=O) groups excluding carboxylic acids is 1. The average molecular weight is 282 g/mol. The van der Waals surface area contributed by atoms with Gasteiger partial charge in [-0.1, -0.05) is 12.1 Å². The standard InChI is InChI=1S/C11H13N3O4S/c1-7(13-14-11(12)19)18-9-5-3-2-4-8(9)17-6-10(15)16/h2-5H,6H2,1H3,(H,15,16)(H3,12,14,19)/p-1. The number of benzene rings is 1. The number of rotatable bonds is 5. The van der Waals surface area contributed by atoms with Gasteiger partial charge in [-0.25, -0.2) is 0 Å². The Kier molecular flexibility index (Phi) is 5.55. The van der Waals surface area contributed by atoms with Crippen molar-refractivity contribution in [1.29, 1.82) is 0 Å². The first kappa shape index (κ1) is 14.7. The summed E-state index contributed by atoms with van der Waals surface area (Å²) in [5, 5.41) is 14.1. The molecule has 8 heteroatoms. The highest BCUT2D eigenvalue weighted by molar-refractivity contribution is 7.80. The van der Waals surface area contributed by atoms with Gasteiger partial charge in [0, 0.05) is 6.92 Å². The number of carbonyl (C=O) groups is 1. The summed E-state index contributed by atoms with van der Waals surface area (Å²) in [5.74, 6) is -0.515. The van der Waals surface area contributed by atoms with Crippen molar-refractivity contribution in [3.05, 3.63) is 24.3 Å². The normalized spacial score (nSPS) is 10.7. The van der Waals surface area contributed by atoms with Crippen LogP contribution >= 0.6 is 12.2 Å². The smallest absolute Gasteiger partial charge is 0.209 e. The zero-order valence-corrected chi connectivity index (χ0v) is 10.9. The van der Waals surface area contributed by atoms with Crippen LogP contribution in [0.25, 0.3) is 0 Å². The maximum atomic E-state index is 10.3. The molecule has 0 unspecified atom stereocenters. The van der Waals surface area contributed by atoms with E-state index in [1.54, 1.807) is 31.2 Å². The number of aliphatic carboxylic acids is 1. The molecule has 0 aliphatic carbocycles. The Hall–Kier alpha value is -2.35. The molecule has 3 N–H and O–H groups in total. The number of carboxylic acids is 1. The van der Waals surface area contributed by atoms with E-state index >= 15 is 0 Å². The van der Waals surface area contributed by atoms with Gasteiger partial charge in [0.1, 0.15) is 6.61 Å². The lowest BCUT2D eigenvalue weighted by molar-refractivity contribution is -0.307. The minimum absolute atomic E-state index is 0.00411. The molecule has 1 rings (SSSR count). The van der Waals surface area contributed by atoms with Crippen molar-refractivity contribution >= 4 is 29.2 Å². The summed E-state index contributed by atoms with van der Waals surface area (Å²) < 4.78 is 10.4. The molecule has 102 valence electrons. The summed E-state index contributed by atoms with van der Waals surface area (Å²) in [4.78, 5) is 10.3. The monoisotopic (exact) mass is 282 g/mol. The Morgan fingerprint density at radius 3 is 2.68 bits per heavy atom. The molecule has 1 aromatic rings. The second-order valence-electron chi connectivity index (χ2n) is 3.32. The Morgan fingerprint density at radius 1 is 1.47 bits per heavy atom. The second-order valence-corrected chi connectivity index (χ2v) is 3.76. The SMILES string of the molecule is CC(=NNC(N)=S)Oc1ccccc1OCC(=O)[O-]. The lowest BCUT2D eigenvalue weighted by Gasteiger charge is -2.12. The molecule has 1 aromatic carbocycles. The fourth-order valence-corrected chi connectivity index (χ4v) is 1.15. The Labute approximate surface area is 115 Å². The van der Waals surface area contributed by atoms with E-state index in [2.05, 4.69) is 22.7 Å². The highest BCUT2D eigenvalue weighted by Crippen LogP contribution is 2.26. The summed E-state index contributed by atoms with van der Waals surface area (Å²) in [7, 11) is 0. The predicted molar refractivity (Wildman–Crippen MR) is 70.6 cm³/mol. The van der Waals surface area contributed by atoms with Crippen molar-refractivity contribution in [2.45, 2.75) is 6.92 Å². The fraction of sp³-hybridized carbons (Fsp3) is 0.182. The van der Waals surface area contributed by atoms with Crippen LogP contribution in [0.2, 0.25) is 0 Å². The first-order valence-corrected chi connectivity index (χ1v) is 5.59. The number of para-hydroxylation sites is 2. The third-order valence-corrected chi connectivity index (χ3v) is 1.87. The highest BCUT2D eigenvalue weighted by atomic mass is 32.1. The summed E-state index contributed by atoms with van der Waals surface area (Å²) in [6, 6.07) is 6.55. The van der Waals surface area contributed by atoms with Crippen LogP contribution in [-0.2, 0) is 4.79 Å². The van der Waals surface area contributed by atoms with Crippen molar-refractivity contribution in [3.8, 4) is 11.5 Å². The molecule has 7 nitrogen and oxygen atoms in total. The molecule has 0 amide bonds. The van der Waals surface area contributed by atoms with E-state index in [0.717, 1.165) is 0 Å². The third-order valence-electron chi connectivity index (χ3n) is 1.78. The quantitative estimate of drug-likeness (QED) is 0.320. The predicted octanol–water partition coefficient (Wildman–Crippen LogP) is -0.639. The van der Waals surface area contributed by atoms with Gasteiger partial charge in [-0.2, -0.15) is 0 Å². The molecule has 19 heavy (non-hydrogen) atoms. The number of nitrogens with zero attached hydrogens (tertiary/aromatic N) is 1. The van der Waals surface area contributed by atoms with Crippen molar-refractivity contribution < 1.29 is 19.4 Å². The molecule has 0 radical (unpaired) electrons. The van der Waals surface area contributed by atoms with Crippen LogP contribution in [0, 0.1) is 0 Å².